The molecule has 0 aliphatic heterocycles. The minimum absolute atomic E-state index is 0. The number of halogens is 6. The minimum Gasteiger partial charge on any atom is -0.412 e. The van der Waals surface area contributed by atoms with E-state index in [0.29, 0.717) is 0 Å². The predicted molar refractivity (Wildman–Crippen MR) is 87.9 cm³/mol. The third-order valence-corrected chi connectivity index (χ3v) is 0. The maximum Gasteiger partial charge on any atom is 0.000627 e. The van der Waals surface area contributed by atoms with Crippen LogP contribution in [0, 0.1) is 11.8 Å². The van der Waals surface area contributed by atoms with Crippen molar-refractivity contribution in [2.45, 2.75) is 42.5 Å². The molecule has 15 heavy (non-hydrogen) atoms. The lowest BCUT2D eigenvalue weighted by molar-refractivity contribution is 0.824. The van der Waals surface area contributed by atoms with Gasteiger partial charge >= 0.3 is 0 Å². The Kier molecular flexibility index (Phi) is 3910. The molecule has 0 aromatic rings. The summed E-state index contributed by atoms with van der Waals surface area (Å²) in [4.78, 5) is 0. The quantitative estimate of drug-likeness (QED) is 0.483. The van der Waals surface area contributed by atoms with E-state index < -0.39 is 0 Å². The van der Waals surface area contributed by atoms with Crippen LogP contribution in [0.2, 0.25) is 0 Å². The van der Waals surface area contributed by atoms with Crippen molar-refractivity contribution in [2.24, 2.45) is 0 Å². The van der Waals surface area contributed by atoms with Crippen LogP contribution in [0.4, 0.5) is 0 Å². The van der Waals surface area contributed by atoms with Crippen LogP contribution in [-0.4, -0.2) is 5.48 Å². The fourth-order valence-electron chi connectivity index (χ4n) is 0. The van der Waals surface area contributed by atoms with Crippen LogP contribution in [0.5, 0.6) is 0 Å². The highest BCUT2D eigenvalue weighted by Crippen LogP contribution is 1.69. The van der Waals surface area contributed by atoms with Crippen LogP contribution >= 0.6 is 70.5 Å². The van der Waals surface area contributed by atoms with E-state index in [1.165, 1.54) is 0 Å². The van der Waals surface area contributed by atoms with Gasteiger partial charge in [0, 0.05) is 27.1 Å². The van der Waals surface area contributed by atoms with Crippen LogP contribution in [0.15, 0.2) is 0 Å². The number of terminal acetylenes is 1. The molecule has 0 fully saturated rings. The van der Waals surface area contributed by atoms with Crippen LogP contribution in [-0.2, 0) is 0 Å². The first-order valence-corrected chi connectivity index (χ1v) is 4.14. The molecule has 0 bridgehead atoms. The zero-order chi connectivity index (χ0) is 8.71. The molecule has 106 valence electrons. The van der Waals surface area contributed by atoms with Gasteiger partial charge in [0.15, 0.2) is 0 Å². The molecule has 0 aromatic heterocycles. The molecule has 0 rings (SSSR count). The van der Waals surface area contributed by atoms with Crippen molar-refractivity contribution in [3.05, 3.63) is 0 Å². The van der Waals surface area contributed by atoms with Crippen molar-refractivity contribution in [1.29, 1.82) is 0 Å². The molecule has 0 aliphatic carbocycles. The molecule has 0 unspecified atom stereocenters. The second kappa shape index (κ2) is 608. The van der Waals surface area contributed by atoms with Crippen molar-refractivity contribution in [3.63, 3.8) is 0 Å². The summed E-state index contributed by atoms with van der Waals surface area (Å²) >= 11 is 4.53. The molecule has 0 aliphatic rings. The highest BCUT2D eigenvalue weighted by Gasteiger charge is 1.13. The van der Waals surface area contributed by atoms with Crippen molar-refractivity contribution in [3.8, 4) is 11.8 Å². The summed E-state index contributed by atoms with van der Waals surface area (Å²) in [5.41, 5.74) is 0. The van der Waals surface area contributed by atoms with Crippen molar-refractivity contribution < 1.29 is 5.48 Å². The molecule has 0 aromatic carbocycles. The number of rotatable bonds is 0. The maximum absolute atomic E-state index is 4.53. The Morgan fingerprint density at radius 3 is 0.800 bits per heavy atom. The second-order valence-corrected chi connectivity index (χ2v) is 0.327. The maximum atomic E-state index is 4.53. The molecule has 0 saturated heterocycles. The van der Waals surface area contributed by atoms with Gasteiger partial charge in [-0.25, -0.2) is 0 Å². The van der Waals surface area contributed by atoms with Gasteiger partial charge < -0.3 is 5.48 Å². The summed E-state index contributed by atoms with van der Waals surface area (Å²) < 4.78 is 0. The van der Waals surface area contributed by atoms with Crippen molar-refractivity contribution in [2.75, 3.05) is 0 Å². The molecule has 0 amide bonds. The molecular weight excluding hydrogens is 325 g/mol. The SMILES string of the molecule is C.C.C#CCl.CC.CC.Cl.Cl.Cl.ClCl.O. The monoisotopic (exact) mass is 348 g/mol. The summed E-state index contributed by atoms with van der Waals surface area (Å²) in [5, 5.41) is 1.72. The summed E-state index contributed by atoms with van der Waals surface area (Å²) in [6.07, 6.45) is 4.36. The van der Waals surface area contributed by atoms with Gasteiger partial charge in [-0.1, -0.05) is 42.5 Å². The third kappa shape index (κ3) is 1690. The first kappa shape index (κ1) is 96.6. The van der Waals surface area contributed by atoms with E-state index >= 15 is 0 Å². The van der Waals surface area contributed by atoms with E-state index in [-0.39, 0.29) is 57.6 Å². The number of hydrogen-bond donors (Lipinski definition) is 0. The van der Waals surface area contributed by atoms with Gasteiger partial charge in [0.2, 0.25) is 0 Å². The predicted octanol–water partition coefficient (Wildman–Crippen LogP) is 5.96. The zero-order valence-electron chi connectivity index (χ0n) is 7.94. The van der Waals surface area contributed by atoms with E-state index in [1.54, 1.807) is 5.38 Å². The molecule has 1 nitrogen and oxygen atoms in total. The molecule has 0 radical (unpaired) electrons. The topological polar surface area (TPSA) is 31.5 Å². The van der Waals surface area contributed by atoms with Crippen LogP contribution < -0.4 is 0 Å². The molecule has 0 saturated carbocycles. The second-order valence-electron chi connectivity index (χ2n) is 0.109. The van der Waals surface area contributed by atoms with Crippen molar-refractivity contribution >= 4 is 70.5 Å². The summed E-state index contributed by atoms with van der Waals surface area (Å²) in [6, 6.07) is 0. The molecule has 7 heteroatoms. The zero-order valence-corrected chi connectivity index (χ0v) is 12.7. The van der Waals surface area contributed by atoms with E-state index in [1.807, 2.05) is 27.7 Å². The Morgan fingerprint density at radius 2 is 0.800 bits per heavy atom. The fourth-order valence-corrected chi connectivity index (χ4v) is 0. The minimum atomic E-state index is 0. The number of hydrogen-bond acceptors (Lipinski definition) is 0. The Labute approximate surface area is 130 Å². The van der Waals surface area contributed by atoms with Gasteiger partial charge in [0.1, 0.15) is 0 Å². The normalized spacial score (nSPS) is 1.73. The van der Waals surface area contributed by atoms with Gasteiger partial charge in [-0.2, -0.15) is 0 Å². The molecule has 0 spiro atoms. The van der Waals surface area contributed by atoms with Crippen LogP contribution in [0.25, 0.3) is 0 Å². The average molecular weight is 351 g/mol. The summed E-state index contributed by atoms with van der Waals surface area (Å²) in [7, 11) is 8.22. The Bertz CT molecular complexity index is 40.6. The van der Waals surface area contributed by atoms with E-state index in [0.717, 1.165) is 0 Å². The highest BCUT2D eigenvalue weighted by atomic mass is 36.5. The lowest BCUT2D eigenvalue weighted by atomic mass is 11.0. The Morgan fingerprint density at radius 1 is 0.800 bits per heavy atom. The highest BCUT2D eigenvalue weighted by molar-refractivity contribution is 6.85. The van der Waals surface area contributed by atoms with Crippen LogP contribution in [0.1, 0.15) is 42.5 Å². The van der Waals surface area contributed by atoms with E-state index in [9.17, 15) is 0 Å². The standard InChI is InChI=1S/C2HCl.2C2H6.2CH4.Cl2.3ClH.H2O/c1-2-3;2*1-2;;;1-2;;;;/h1H;2*1-2H3;2*1H4;;3*1H;1H2. The van der Waals surface area contributed by atoms with Gasteiger partial charge in [-0.3, -0.25) is 0 Å². The summed E-state index contributed by atoms with van der Waals surface area (Å²) in [6.45, 7) is 8.00. The Balaban J connectivity index is -0.00000000248. The molecule has 0 heterocycles. The molecule has 2 N–H and O–H groups in total. The fraction of sp³-hybridized carbons (Fsp3) is 0.750. The van der Waals surface area contributed by atoms with Gasteiger partial charge in [0.05, 0.1) is 0 Å². The van der Waals surface area contributed by atoms with Gasteiger partial charge in [-0.15, -0.1) is 43.6 Å². The lowest BCUT2D eigenvalue weighted by Gasteiger charge is -1.18. The molecule has 0 atom stereocenters. The van der Waals surface area contributed by atoms with Gasteiger partial charge in [-0.05, 0) is 11.6 Å². The van der Waals surface area contributed by atoms with E-state index in [4.69, 9.17) is 0 Å². The summed E-state index contributed by atoms with van der Waals surface area (Å²) in [5.74, 6) is 0. The first-order chi connectivity index (χ1) is 4.41. The largest absolute Gasteiger partial charge is 0.412 e. The van der Waals surface area contributed by atoms with E-state index in [2.05, 4.69) is 39.7 Å². The lowest BCUT2D eigenvalue weighted by Crippen LogP contribution is -0.954. The smallest absolute Gasteiger partial charge is 0.000627 e. The third-order valence-electron chi connectivity index (χ3n) is 0. The van der Waals surface area contributed by atoms with Gasteiger partial charge in [0.25, 0.3) is 0 Å². The molecular formula is C8H26Cl6O. The first-order valence-electron chi connectivity index (χ1n) is 2.62. The Hall–Kier alpha value is 1.26. The van der Waals surface area contributed by atoms with Crippen molar-refractivity contribution in [1.82, 2.24) is 0 Å². The van der Waals surface area contributed by atoms with Crippen LogP contribution in [0.3, 0.4) is 0 Å². The average Bonchev–Trinajstić information content (AvgIpc) is 2.01.